The van der Waals surface area contributed by atoms with Crippen molar-refractivity contribution in [1.82, 2.24) is 0 Å². The van der Waals surface area contributed by atoms with Gasteiger partial charge in [-0.1, -0.05) is 6.07 Å². The van der Waals surface area contributed by atoms with E-state index < -0.39 is 35.7 Å². The Morgan fingerprint density at radius 3 is 2.68 bits per heavy atom. The van der Waals surface area contributed by atoms with Gasteiger partial charge in [-0.05, 0) is 30.3 Å². The van der Waals surface area contributed by atoms with Gasteiger partial charge in [-0.25, -0.2) is 4.39 Å². The number of carbonyl (C=O) groups excluding carboxylic acids is 1. The van der Waals surface area contributed by atoms with Gasteiger partial charge in [-0.2, -0.15) is 13.2 Å². The van der Waals surface area contributed by atoms with Crippen molar-refractivity contribution in [3.63, 3.8) is 0 Å². The van der Waals surface area contributed by atoms with Crippen molar-refractivity contribution in [3.8, 4) is 0 Å². The van der Waals surface area contributed by atoms with Crippen LogP contribution in [0.3, 0.4) is 0 Å². The summed E-state index contributed by atoms with van der Waals surface area (Å²) in [6, 6.07) is 7.82. The van der Waals surface area contributed by atoms with E-state index in [9.17, 15) is 22.4 Å². The first-order valence-electron chi connectivity index (χ1n) is 9.53. The third kappa shape index (κ3) is 4.40. The van der Waals surface area contributed by atoms with Crippen molar-refractivity contribution < 1.29 is 31.8 Å². The summed E-state index contributed by atoms with van der Waals surface area (Å²) in [6.45, 7) is 0.928. The second-order valence-corrected chi connectivity index (χ2v) is 7.20. The lowest BCUT2D eigenvalue weighted by atomic mass is 10.0. The van der Waals surface area contributed by atoms with E-state index in [0.29, 0.717) is 18.9 Å². The molecule has 2 aromatic carbocycles. The minimum absolute atomic E-state index is 0.00423. The highest BCUT2D eigenvalue weighted by Crippen LogP contribution is 2.39. The maximum Gasteiger partial charge on any atom is 0.418 e. The molecule has 0 spiro atoms. The zero-order valence-electron chi connectivity index (χ0n) is 16.4. The van der Waals surface area contributed by atoms with Crippen LogP contribution in [0.4, 0.5) is 34.6 Å². The van der Waals surface area contributed by atoms with Crippen LogP contribution in [0.2, 0.25) is 0 Å². The van der Waals surface area contributed by atoms with E-state index in [0.717, 1.165) is 12.3 Å². The minimum Gasteiger partial charge on any atom is -0.369 e. The van der Waals surface area contributed by atoms with Crippen LogP contribution < -0.4 is 10.2 Å². The first-order chi connectivity index (χ1) is 14.7. The number of halogens is 4. The third-order valence-corrected chi connectivity index (χ3v) is 5.09. The second kappa shape index (κ2) is 8.27. The molecule has 164 valence electrons. The van der Waals surface area contributed by atoms with Crippen molar-refractivity contribution in [1.29, 1.82) is 0 Å². The smallest absolute Gasteiger partial charge is 0.369 e. The molecule has 6 nitrogen and oxygen atoms in total. The first kappa shape index (κ1) is 21.3. The molecule has 2 aromatic rings. The van der Waals surface area contributed by atoms with Crippen LogP contribution in [0.25, 0.3) is 0 Å². The number of fused-ring (bicyclic) bond motifs is 1. The van der Waals surface area contributed by atoms with Crippen molar-refractivity contribution >= 4 is 29.2 Å². The number of amides is 1. The monoisotopic (exact) mass is 437 g/mol. The van der Waals surface area contributed by atoms with Crippen LogP contribution in [-0.4, -0.2) is 45.2 Å². The predicted octanol–water partition coefficient (Wildman–Crippen LogP) is 4.09. The number of benzene rings is 2. The summed E-state index contributed by atoms with van der Waals surface area (Å²) in [4.78, 5) is 17.6. The van der Waals surface area contributed by atoms with E-state index in [1.165, 1.54) is 36.2 Å². The SMILES string of the molecule is CN(CC1OCCO1)c1ccc(N=CC2C(=O)Nc3cccc(F)c32)cc1C(F)(F)F. The Balaban J connectivity index is 1.61. The Hall–Kier alpha value is -2.98. The van der Waals surface area contributed by atoms with E-state index in [1.54, 1.807) is 6.07 Å². The number of anilines is 2. The van der Waals surface area contributed by atoms with Gasteiger partial charge in [0.25, 0.3) is 0 Å². The molecule has 1 saturated heterocycles. The Morgan fingerprint density at radius 2 is 1.97 bits per heavy atom. The Morgan fingerprint density at radius 1 is 1.23 bits per heavy atom. The normalized spacial score (nSPS) is 19.1. The van der Waals surface area contributed by atoms with Crippen LogP contribution in [0.1, 0.15) is 17.0 Å². The van der Waals surface area contributed by atoms with E-state index in [4.69, 9.17) is 9.47 Å². The van der Waals surface area contributed by atoms with Gasteiger partial charge in [0.2, 0.25) is 5.91 Å². The standard InChI is InChI=1S/C21H19F4N3O3/c1-28(11-18-30-7-8-31-18)17-6-5-12(9-14(17)21(23,24)25)26-10-13-19-15(22)3-2-4-16(19)27-20(13)29/h2-6,9-10,13,18H,7-8,11H2,1H3,(H,27,29). The summed E-state index contributed by atoms with van der Waals surface area (Å²) in [5.41, 5.74) is -0.493. The van der Waals surface area contributed by atoms with Gasteiger partial charge in [-0.15, -0.1) is 0 Å². The molecular weight excluding hydrogens is 418 g/mol. The highest BCUT2D eigenvalue weighted by atomic mass is 19.4. The van der Waals surface area contributed by atoms with Gasteiger partial charge < -0.3 is 19.7 Å². The van der Waals surface area contributed by atoms with Crippen LogP contribution in [0.5, 0.6) is 0 Å². The molecule has 1 fully saturated rings. The maximum absolute atomic E-state index is 14.1. The number of hydrogen-bond donors (Lipinski definition) is 1. The summed E-state index contributed by atoms with van der Waals surface area (Å²) >= 11 is 0. The van der Waals surface area contributed by atoms with Gasteiger partial charge in [0.05, 0.1) is 31.0 Å². The van der Waals surface area contributed by atoms with E-state index in [1.807, 2.05) is 0 Å². The number of ether oxygens (including phenoxy) is 2. The second-order valence-electron chi connectivity index (χ2n) is 7.20. The topological polar surface area (TPSA) is 63.2 Å². The van der Waals surface area contributed by atoms with Gasteiger partial charge in [-0.3, -0.25) is 9.79 Å². The summed E-state index contributed by atoms with van der Waals surface area (Å²) in [5, 5.41) is 2.54. The molecule has 2 aliphatic heterocycles. The zero-order valence-corrected chi connectivity index (χ0v) is 16.4. The quantitative estimate of drug-likeness (QED) is 0.566. The maximum atomic E-state index is 14.1. The lowest BCUT2D eigenvalue weighted by molar-refractivity contribution is -0.137. The fourth-order valence-electron chi connectivity index (χ4n) is 3.61. The fourth-order valence-corrected chi connectivity index (χ4v) is 3.61. The highest BCUT2D eigenvalue weighted by molar-refractivity contribution is 6.12. The van der Waals surface area contributed by atoms with E-state index >= 15 is 0 Å². The molecule has 0 aliphatic carbocycles. The molecule has 0 bridgehead atoms. The summed E-state index contributed by atoms with van der Waals surface area (Å²) in [7, 11) is 1.52. The van der Waals surface area contributed by atoms with Crippen LogP contribution in [-0.2, 0) is 20.4 Å². The number of aliphatic imine (C=N–C) groups is 1. The molecule has 2 aliphatic rings. The van der Waals surface area contributed by atoms with Crippen molar-refractivity contribution in [2.75, 3.05) is 37.0 Å². The number of nitrogens with zero attached hydrogens (tertiary/aromatic N) is 2. The molecule has 2 heterocycles. The van der Waals surface area contributed by atoms with Crippen LogP contribution in [0, 0.1) is 5.82 Å². The molecule has 0 aromatic heterocycles. The van der Waals surface area contributed by atoms with Gasteiger partial charge >= 0.3 is 6.18 Å². The Labute approximate surface area is 175 Å². The van der Waals surface area contributed by atoms with Crippen molar-refractivity contribution in [2.45, 2.75) is 18.4 Å². The Bertz CT molecular complexity index is 1020. The zero-order chi connectivity index (χ0) is 22.2. The molecule has 1 unspecified atom stereocenters. The number of rotatable bonds is 5. The van der Waals surface area contributed by atoms with Gasteiger partial charge in [0.15, 0.2) is 6.29 Å². The molecule has 0 radical (unpaired) electrons. The molecule has 31 heavy (non-hydrogen) atoms. The Kier molecular flexibility index (Phi) is 5.67. The fraction of sp³-hybridized carbons (Fsp3) is 0.333. The minimum atomic E-state index is -4.63. The third-order valence-electron chi connectivity index (χ3n) is 5.09. The number of nitrogens with one attached hydrogen (secondary N) is 1. The predicted molar refractivity (Wildman–Crippen MR) is 106 cm³/mol. The van der Waals surface area contributed by atoms with E-state index in [-0.39, 0.29) is 23.5 Å². The van der Waals surface area contributed by atoms with E-state index in [2.05, 4.69) is 10.3 Å². The number of carbonyl (C=O) groups is 1. The summed E-state index contributed by atoms with van der Waals surface area (Å²) < 4.78 is 65.8. The summed E-state index contributed by atoms with van der Waals surface area (Å²) in [5.74, 6) is -2.10. The molecule has 10 heteroatoms. The molecule has 0 saturated carbocycles. The average molecular weight is 437 g/mol. The highest BCUT2D eigenvalue weighted by Gasteiger charge is 2.36. The largest absolute Gasteiger partial charge is 0.418 e. The summed E-state index contributed by atoms with van der Waals surface area (Å²) in [6.07, 6.45) is -4.07. The lowest BCUT2D eigenvalue weighted by Gasteiger charge is -2.25. The molecule has 1 N–H and O–H groups in total. The first-order valence-corrected chi connectivity index (χ1v) is 9.53. The van der Waals surface area contributed by atoms with Crippen LogP contribution >= 0.6 is 0 Å². The lowest BCUT2D eigenvalue weighted by Crippen LogP contribution is -2.31. The van der Waals surface area contributed by atoms with Crippen molar-refractivity contribution in [3.05, 3.63) is 53.3 Å². The molecule has 1 atom stereocenters. The van der Waals surface area contributed by atoms with Gasteiger partial charge in [0.1, 0.15) is 11.7 Å². The van der Waals surface area contributed by atoms with Crippen LogP contribution in [0.15, 0.2) is 41.4 Å². The number of likely N-dealkylation sites (N-methyl/N-ethyl adjacent to an activating group) is 1. The van der Waals surface area contributed by atoms with Gasteiger partial charge in [0, 0.05) is 30.2 Å². The molecular formula is C21H19F4N3O3. The number of alkyl halides is 3. The average Bonchev–Trinajstić information content (AvgIpc) is 3.33. The molecule has 4 rings (SSSR count). The molecule has 1 amide bonds. The number of hydrogen-bond acceptors (Lipinski definition) is 5. The van der Waals surface area contributed by atoms with Crippen molar-refractivity contribution in [2.24, 2.45) is 4.99 Å².